The summed E-state index contributed by atoms with van der Waals surface area (Å²) in [6, 6.07) is 7.98. The molecule has 0 saturated carbocycles. The first-order valence-electron chi connectivity index (χ1n) is 6.18. The number of carbonyl (C=O) groups excluding carboxylic acids is 1. The van der Waals surface area contributed by atoms with E-state index in [0.717, 1.165) is 11.3 Å². The highest BCUT2D eigenvalue weighted by molar-refractivity contribution is 6.13. The second kappa shape index (κ2) is 8.50. The van der Waals surface area contributed by atoms with Gasteiger partial charge in [-0.25, -0.2) is 5.43 Å². The van der Waals surface area contributed by atoms with Crippen molar-refractivity contribution in [1.29, 1.82) is 0 Å². The van der Waals surface area contributed by atoms with E-state index in [-0.39, 0.29) is 5.91 Å². The lowest BCUT2D eigenvalue weighted by atomic mass is 10.1. The molecule has 17 heavy (non-hydrogen) atoms. The van der Waals surface area contributed by atoms with Crippen LogP contribution in [0.15, 0.2) is 29.4 Å². The van der Waals surface area contributed by atoms with Crippen molar-refractivity contribution in [2.24, 2.45) is 5.10 Å². The average Bonchev–Trinajstić information content (AvgIpc) is 2.81. The molecule has 0 aliphatic carbocycles. The van der Waals surface area contributed by atoms with Crippen LogP contribution < -0.4 is 5.43 Å². The van der Waals surface area contributed by atoms with Crippen molar-refractivity contribution in [2.45, 2.75) is 41.0 Å². The van der Waals surface area contributed by atoms with Gasteiger partial charge in [0.1, 0.15) is 0 Å². The second-order valence-electron chi connectivity index (χ2n) is 3.14. The molecule has 0 radical (unpaired) electrons. The first-order valence-corrected chi connectivity index (χ1v) is 6.18. The fraction of sp³-hybridized carbons (Fsp3) is 0.429. The van der Waals surface area contributed by atoms with Crippen molar-refractivity contribution in [3.8, 4) is 0 Å². The molecule has 1 aliphatic rings. The first-order chi connectivity index (χ1) is 8.25. The number of hydrazone groups is 1. The molecule has 0 saturated heterocycles. The maximum atomic E-state index is 10.9. The van der Waals surface area contributed by atoms with E-state index in [1.807, 2.05) is 58.9 Å². The van der Waals surface area contributed by atoms with Crippen LogP contribution in [0, 0.1) is 6.92 Å². The maximum absolute atomic E-state index is 10.9. The third-order valence-corrected chi connectivity index (χ3v) is 1.99. The van der Waals surface area contributed by atoms with Crippen LogP contribution in [-0.4, -0.2) is 11.6 Å². The molecule has 0 atom stereocenters. The Kier molecular flexibility index (Phi) is 7.68. The lowest BCUT2D eigenvalue weighted by Crippen LogP contribution is -2.09. The van der Waals surface area contributed by atoms with Crippen LogP contribution in [0.1, 0.15) is 45.2 Å². The molecule has 94 valence electrons. The number of benzene rings is 1. The molecule has 1 heterocycles. The van der Waals surface area contributed by atoms with Gasteiger partial charge in [-0.15, -0.1) is 0 Å². The Morgan fingerprint density at radius 1 is 1.18 bits per heavy atom. The summed E-state index contributed by atoms with van der Waals surface area (Å²) in [6.07, 6.45) is 0.392. The van der Waals surface area contributed by atoms with Gasteiger partial charge in [-0.1, -0.05) is 57.5 Å². The Hall–Kier alpha value is -1.64. The smallest absolute Gasteiger partial charge is 0.246 e. The first kappa shape index (κ1) is 15.4. The summed E-state index contributed by atoms with van der Waals surface area (Å²) in [6.45, 7) is 10.0. The number of aryl methyl sites for hydroxylation is 1. The molecule has 3 nitrogen and oxygen atoms in total. The second-order valence-corrected chi connectivity index (χ2v) is 3.14. The molecule has 1 aromatic rings. The largest absolute Gasteiger partial charge is 0.273 e. The van der Waals surface area contributed by atoms with E-state index in [1.165, 1.54) is 5.56 Å². The summed E-state index contributed by atoms with van der Waals surface area (Å²) in [4.78, 5) is 10.9. The van der Waals surface area contributed by atoms with E-state index in [4.69, 9.17) is 0 Å². The highest BCUT2D eigenvalue weighted by Gasteiger charge is 2.15. The van der Waals surface area contributed by atoms with Crippen LogP contribution in [0.3, 0.4) is 0 Å². The van der Waals surface area contributed by atoms with Gasteiger partial charge in [0.05, 0.1) is 12.1 Å². The molecule has 1 N–H and O–H groups in total. The molecule has 0 fully saturated rings. The fourth-order valence-electron chi connectivity index (χ4n) is 1.35. The number of amides is 1. The highest BCUT2D eigenvalue weighted by Crippen LogP contribution is 2.10. The molecule has 1 aromatic carbocycles. The maximum Gasteiger partial charge on any atom is 0.246 e. The highest BCUT2D eigenvalue weighted by atomic mass is 16.2. The summed E-state index contributed by atoms with van der Waals surface area (Å²) < 4.78 is 0. The predicted molar refractivity (Wildman–Crippen MR) is 73.2 cm³/mol. The molecule has 1 aliphatic heterocycles. The number of nitrogens with zero attached hydrogens (tertiary/aromatic N) is 1. The Labute approximate surface area is 104 Å². The molecule has 0 bridgehead atoms. The number of rotatable bonds is 1. The quantitative estimate of drug-likeness (QED) is 0.796. The standard InChI is InChI=1S/C10H10N2O.2C2H6/c1-7-3-2-4-8(5-7)9-6-10(13)12-11-9;2*1-2/h2-5H,6H2,1H3,(H,12,13);2*1-2H3. The summed E-state index contributed by atoms with van der Waals surface area (Å²) in [5, 5.41) is 3.95. The third kappa shape index (κ3) is 4.81. The van der Waals surface area contributed by atoms with Crippen LogP contribution in [0.2, 0.25) is 0 Å². The third-order valence-electron chi connectivity index (χ3n) is 1.99. The number of carbonyl (C=O) groups is 1. The van der Waals surface area contributed by atoms with E-state index in [1.54, 1.807) is 0 Å². The Morgan fingerprint density at radius 3 is 2.29 bits per heavy atom. The van der Waals surface area contributed by atoms with Gasteiger partial charge in [-0.2, -0.15) is 5.10 Å². The van der Waals surface area contributed by atoms with Gasteiger partial charge in [0.2, 0.25) is 5.91 Å². The zero-order valence-corrected chi connectivity index (χ0v) is 11.4. The molecule has 0 unspecified atom stereocenters. The minimum atomic E-state index is -0.0310. The fourth-order valence-corrected chi connectivity index (χ4v) is 1.35. The molecule has 0 aromatic heterocycles. The molecule has 3 heteroatoms. The monoisotopic (exact) mass is 234 g/mol. The van der Waals surface area contributed by atoms with E-state index in [9.17, 15) is 4.79 Å². The Morgan fingerprint density at radius 2 is 1.82 bits per heavy atom. The molecule has 1 amide bonds. The number of nitrogens with one attached hydrogen (secondary N) is 1. The van der Waals surface area contributed by atoms with Crippen LogP contribution in [0.4, 0.5) is 0 Å². The van der Waals surface area contributed by atoms with Gasteiger partial charge in [0.25, 0.3) is 0 Å². The van der Waals surface area contributed by atoms with Gasteiger partial charge in [-0.3, -0.25) is 4.79 Å². The van der Waals surface area contributed by atoms with Crippen molar-refractivity contribution >= 4 is 11.6 Å². The number of hydrogen-bond acceptors (Lipinski definition) is 2. The van der Waals surface area contributed by atoms with Crippen LogP contribution in [-0.2, 0) is 4.79 Å². The van der Waals surface area contributed by atoms with Gasteiger partial charge < -0.3 is 0 Å². The summed E-state index contributed by atoms with van der Waals surface area (Å²) in [7, 11) is 0. The normalized spacial score (nSPS) is 12.5. The zero-order valence-electron chi connectivity index (χ0n) is 11.4. The molecule has 0 spiro atoms. The van der Waals surface area contributed by atoms with Gasteiger partial charge >= 0.3 is 0 Å². The minimum Gasteiger partial charge on any atom is -0.273 e. The van der Waals surface area contributed by atoms with E-state index >= 15 is 0 Å². The van der Waals surface area contributed by atoms with Crippen molar-refractivity contribution in [3.05, 3.63) is 35.4 Å². The molecular formula is C14H22N2O. The van der Waals surface area contributed by atoms with Crippen molar-refractivity contribution in [3.63, 3.8) is 0 Å². The minimum absolute atomic E-state index is 0.0310. The Balaban J connectivity index is 0.000000581. The Bertz CT molecular complexity index is 384. The van der Waals surface area contributed by atoms with Crippen molar-refractivity contribution < 1.29 is 4.79 Å². The predicted octanol–water partition coefficient (Wildman–Crippen LogP) is 3.27. The van der Waals surface area contributed by atoms with Gasteiger partial charge in [0.15, 0.2) is 0 Å². The van der Waals surface area contributed by atoms with Crippen molar-refractivity contribution in [2.75, 3.05) is 0 Å². The lowest BCUT2D eigenvalue weighted by molar-refractivity contribution is -0.119. The van der Waals surface area contributed by atoms with Crippen LogP contribution >= 0.6 is 0 Å². The summed E-state index contributed by atoms with van der Waals surface area (Å²) in [5.41, 5.74) is 5.47. The molecule has 2 rings (SSSR count). The zero-order chi connectivity index (χ0) is 13.3. The topological polar surface area (TPSA) is 41.5 Å². The van der Waals surface area contributed by atoms with Crippen LogP contribution in [0.25, 0.3) is 0 Å². The number of hydrogen-bond donors (Lipinski definition) is 1. The lowest BCUT2D eigenvalue weighted by Gasteiger charge is -1.98. The molecular weight excluding hydrogens is 212 g/mol. The van der Waals surface area contributed by atoms with Crippen molar-refractivity contribution in [1.82, 2.24) is 5.43 Å². The average molecular weight is 234 g/mol. The van der Waals surface area contributed by atoms with Gasteiger partial charge in [0, 0.05) is 0 Å². The summed E-state index contributed by atoms with van der Waals surface area (Å²) >= 11 is 0. The van der Waals surface area contributed by atoms with E-state index in [2.05, 4.69) is 10.5 Å². The van der Waals surface area contributed by atoms with Gasteiger partial charge in [-0.05, 0) is 12.5 Å². The van der Waals surface area contributed by atoms with Crippen LogP contribution in [0.5, 0.6) is 0 Å². The summed E-state index contributed by atoms with van der Waals surface area (Å²) in [5.74, 6) is -0.0310. The SMILES string of the molecule is CC.CC.Cc1cccc(C2=NNC(=O)C2)c1. The van der Waals surface area contributed by atoms with E-state index in [0.29, 0.717) is 6.42 Å². The van der Waals surface area contributed by atoms with E-state index < -0.39 is 0 Å².